The maximum Gasteiger partial charge on any atom is 0.251 e. The molecule has 25 heavy (non-hydrogen) atoms. The number of hydrogen-bond acceptors (Lipinski definition) is 5. The summed E-state index contributed by atoms with van der Waals surface area (Å²) in [7, 11) is 1.61. The smallest absolute Gasteiger partial charge is 0.251 e. The van der Waals surface area contributed by atoms with E-state index in [-0.39, 0.29) is 11.5 Å². The Kier molecular flexibility index (Phi) is 5.80. The number of nitrogens with one attached hydrogen (secondary N) is 3. The van der Waals surface area contributed by atoms with Gasteiger partial charge in [-0.1, -0.05) is 0 Å². The van der Waals surface area contributed by atoms with Crippen molar-refractivity contribution in [2.75, 3.05) is 19.0 Å². The number of amides is 1. The fourth-order valence-electron chi connectivity index (χ4n) is 2.37. The van der Waals surface area contributed by atoms with Crippen molar-refractivity contribution in [3.05, 3.63) is 52.2 Å². The Morgan fingerprint density at radius 3 is 2.56 bits per heavy atom. The molecule has 1 aromatic carbocycles. The lowest BCUT2D eigenvalue weighted by Crippen LogP contribution is -2.48. The van der Waals surface area contributed by atoms with Crippen LogP contribution in [0.4, 0.5) is 5.69 Å². The molecule has 2 rings (SSSR count). The number of hydrogen-bond donors (Lipinski definition) is 3. The molecule has 0 saturated carbocycles. The number of H-pyrrole nitrogens is 1. The topological polar surface area (TPSA) is 96.1 Å². The monoisotopic (exact) mass is 344 g/mol. The molecule has 3 N–H and O–H groups in total. The van der Waals surface area contributed by atoms with E-state index in [4.69, 9.17) is 4.74 Å². The fourth-order valence-corrected chi connectivity index (χ4v) is 2.37. The normalized spacial score (nSPS) is 11.0. The molecule has 2 aromatic rings. The molecular weight excluding hydrogens is 320 g/mol. The molecule has 0 aliphatic carbocycles. The van der Waals surface area contributed by atoms with Gasteiger partial charge >= 0.3 is 0 Å². The molecule has 7 heteroatoms. The molecule has 1 heterocycles. The van der Waals surface area contributed by atoms with Crippen LogP contribution in [0.1, 0.15) is 25.4 Å². The van der Waals surface area contributed by atoms with Crippen LogP contribution in [0.25, 0.3) is 0 Å². The van der Waals surface area contributed by atoms with Crippen LogP contribution in [0.5, 0.6) is 5.75 Å². The number of aromatic nitrogens is 2. The third kappa shape index (κ3) is 5.34. The second-order valence-electron chi connectivity index (χ2n) is 6.32. The zero-order valence-corrected chi connectivity index (χ0v) is 15.0. The van der Waals surface area contributed by atoms with Crippen molar-refractivity contribution in [3.63, 3.8) is 0 Å². The number of carbonyl (C=O) groups is 1. The predicted molar refractivity (Wildman–Crippen MR) is 97.0 cm³/mol. The van der Waals surface area contributed by atoms with E-state index in [1.165, 1.54) is 6.07 Å². The summed E-state index contributed by atoms with van der Waals surface area (Å²) < 4.78 is 5.12. The Hall–Kier alpha value is -2.83. The van der Waals surface area contributed by atoms with E-state index in [2.05, 4.69) is 20.6 Å². The molecule has 0 fully saturated rings. The lowest BCUT2D eigenvalue weighted by Gasteiger charge is -2.26. The first-order chi connectivity index (χ1) is 11.8. The van der Waals surface area contributed by atoms with Gasteiger partial charge in [0.25, 0.3) is 5.56 Å². The van der Waals surface area contributed by atoms with Crippen LogP contribution in [-0.2, 0) is 11.2 Å². The molecule has 0 spiro atoms. The van der Waals surface area contributed by atoms with Crippen LogP contribution in [-0.4, -0.2) is 35.1 Å². The van der Waals surface area contributed by atoms with Gasteiger partial charge in [0.2, 0.25) is 5.91 Å². The highest BCUT2D eigenvalue weighted by molar-refractivity contribution is 5.88. The van der Waals surface area contributed by atoms with Crippen molar-refractivity contribution in [3.8, 4) is 5.75 Å². The first kappa shape index (κ1) is 18.5. The SMILES string of the molecule is COc1ccc(NC(C)(C)C(=O)NCCc2nc(C)cc(=O)[nH]2)cc1. The Balaban J connectivity index is 1.90. The molecule has 0 bridgehead atoms. The number of aryl methyl sites for hydroxylation is 1. The largest absolute Gasteiger partial charge is 0.497 e. The molecule has 1 amide bonds. The number of methoxy groups -OCH3 is 1. The minimum Gasteiger partial charge on any atom is -0.497 e. The van der Waals surface area contributed by atoms with Crippen molar-refractivity contribution >= 4 is 11.6 Å². The maximum atomic E-state index is 12.4. The molecule has 0 saturated heterocycles. The number of ether oxygens (including phenoxy) is 1. The fraction of sp³-hybridized carbons (Fsp3) is 0.389. The average Bonchev–Trinajstić information content (AvgIpc) is 2.54. The summed E-state index contributed by atoms with van der Waals surface area (Å²) in [5, 5.41) is 6.06. The van der Waals surface area contributed by atoms with Gasteiger partial charge in [0.1, 0.15) is 17.1 Å². The van der Waals surface area contributed by atoms with Gasteiger partial charge in [-0.05, 0) is 45.0 Å². The van der Waals surface area contributed by atoms with Gasteiger partial charge in [-0.3, -0.25) is 9.59 Å². The summed E-state index contributed by atoms with van der Waals surface area (Å²) in [5.41, 5.74) is 0.509. The number of carbonyl (C=O) groups excluding carboxylic acids is 1. The summed E-state index contributed by atoms with van der Waals surface area (Å²) in [6.45, 7) is 5.76. The molecule has 0 aliphatic rings. The van der Waals surface area contributed by atoms with E-state index < -0.39 is 5.54 Å². The minimum absolute atomic E-state index is 0.140. The summed E-state index contributed by atoms with van der Waals surface area (Å²) >= 11 is 0. The summed E-state index contributed by atoms with van der Waals surface area (Å²) in [6.07, 6.45) is 0.460. The second kappa shape index (κ2) is 7.83. The van der Waals surface area contributed by atoms with Crippen LogP contribution in [0, 0.1) is 6.92 Å². The van der Waals surface area contributed by atoms with Crippen LogP contribution < -0.4 is 20.9 Å². The van der Waals surface area contributed by atoms with Crippen molar-refractivity contribution < 1.29 is 9.53 Å². The summed E-state index contributed by atoms with van der Waals surface area (Å²) in [4.78, 5) is 30.7. The van der Waals surface area contributed by atoms with Gasteiger partial charge in [-0.25, -0.2) is 4.98 Å². The van der Waals surface area contributed by atoms with Crippen LogP contribution in [0.2, 0.25) is 0 Å². The lowest BCUT2D eigenvalue weighted by atomic mass is 10.0. The summed E-state index contributed by atoms with van der Waals surface area (Å²) in [5.74, 6) is 1.18. The standard InChI is InChI=1S/C18H24N4O3/c1-12-11-16(23)21-15(20-12)9-10-19-17(24)18(2,3)22-13-5-7-14(25-4)8-6-13/h5-8,11,22H,9-10H2,1-4H3,(H,19,24)(H,20,21,23). The molecule has 7 nitrogen and oxygen atoms in total. The van der Waals surface area contributed by atoms with Gasteiger partial charge < -0.3 is 20.4 Å². The number of nitrogens with zero attached hydrogens (tertiary/aromatic N) is 1. The Bertz CT molecular complexity index is 782. The van der Waals surface area contributed by atoms with Crippen molar-refractivity contribution in [2.45, 2.75) is 32.7 Å². The molecule has 0 aliphatic heterocycles. The number of benzene rings is 1. The molecule has 0 radical (unpaired) electrons. The maximum absolute atomic E-state index is 12.4. The molecular formula is C18H24N4O3. The third-order valence-electron chi connectivity index (χ3n) is 3.68. The second-order valence-corrected chi connectivity index (χ2v) is 6.32. The highest BCUT2D eigenvalue weighted by atomic mass is 16.5. The van der Waals surface area contributed by atoms with E-state index in [0.717, 1.165) is 11.4 Å². The zero-order valence-electron chi connectivity index (χ0n) is 15.0. The Morgan fingerprint density at radius 1 is 1.28 bits per heavy atom. The van der Waals surface area contributed by atoms with E-state index >= 15 is 0 Å². The molecule has 0 atom stereocenters. The van der Waals surface area contributed by atoms with Crippen molar-refractivity contribution in [2.24, 2.45) is 0 Å². The molecule has 134 valence electrons. The van der Waals surface area contributed by atoms with Crippen LogP contribution in [0.15, 0.2) is 35.1 Å². The first-order valence-electron chi connectivity index (χ1n) is 8.07. The van der Waals surface area contributed by atoms with E-state index in [9.17, 15) is 9.59 Å². The average molecular weight is 344 g/mol. The third-order valence-corrected chi connectivity index (χ3v) is 3.68. The van der Waals surface area contributed by atoms with E-state index in [1.807, 2.05) is 24.3 Å². The molecule has 0 unspecified atom stereocenters. The van der Waals surface area contributed by atoms with Gasteiger partial charge in [0, 0.05) is 30.4 Å². The quantitative estimate of drug-likeness (QED) is 0.709. The lowest BCUT2D eigenvalue weighted by molar-refractivity contribution is -0.124. The molecule has 1 aromatic heterocycles. The van der Waals surface area contributed by atoms with Gasteiger partial charge in [-0.2, -0.15) is 0 Å². The van der Waals surface area contributed by atoms with Crippen LogP contribution in [0.3, 0.4) is 0 Å². The van der Waals surface area contributed by atoms with E-state index in [0.29, 0.717) is 24.5 Å². The van der Waals surface area contributed by atoms with E-state index in [1.54, 1.807) is 27.9 Å². The Labute approximate surface area is 146 Å². The van der Waals surface area contributed by atoms with Crippen molar-refractivity contribution in [1.82, 2.24) is 15.3 Å². The number of anilines is 1. The highest BCUT2D eigenvalue weighted by Crippen LogP contribution is 2.19. The number of rotatable bonds is 7. The first-order valence-corrected chi connectivity index (χ1v) is 8.07. The Morgan fingerprint density at radius 2 is 1.96 bits per heavy atom. The van der Waals surface area contributed by atoms with Gasteiger partial charge in [0.15, 0.2) is 0 Å². The highest BCUT2D eigenvalue weighted by Gasteiger charge is 2.26. The van der Waals surface area contributed by atoms with Crippen molar-refractivity contribution in [1.29, 1.82) is 0 Å². The minimum atomic E-state index is -0.790. The summed E-state index contributed by atoms with van der Waals surface area (Å²) in [6, 6.07) is 8.81. The van der Waals surface area contributed by atoms with Gasteiger partial charge in [-0.15, -0.1) is 0 Å². The zero-order chi connectivity index (χ0) is 18.4. The van der Waals surface area contributed by atoms with Crippen LogP contribution >= 0.6 is 0 Å². The number of aromatic amines is 1. The predicted octanol–water partition coefficient (Wildman–Crippen LogP) is 1.64. The van der Waals surface area contributed by atoms with Gasteiger partial charge in [0.05, 0.1) is 7.11 Å².